The van der Waals surface area contributed by atoms with Crippen molar-refractivity contribution in [3.05, 3.63) is 42.0 Å². The van der Waals surface area contributed by atoms with E-state index in [0.717, 1.165) is 57.7 Å². The first-order chi connectivity index (χ1) is 14.7. The monoisotopic (exact) mass is 405 g/mol. The van der Waals surface area contributed by atoms with E-state index in [-0.39, 0.29) is 5.97 Å². The molecule has 3 aromatic carbocycles. The lowest BCUT2D eigenvalue weighted by molar-refractivity contribution is 0.0526. The Hall–Kier alpha value is -3.15. The molecule has 0 spiro atoms. The van der Waals surface area contributed by atoms with Crippen LogP contribution in [-0.2, 0) is 11.3 Å². The molecule has 0 unspecified atom stereocenters. The van der Waals surface area contributed by atoms with Crippen LogP contribution in [0.15, 0.2) is 36.4 Å². The van der Waals surface area contributed by atoms with Gasteiger partial charge in [0.15, 0.2) is 0 Å². The molecule has 0 aliphatic carbocycles. The summed E-state index contributed by atoms with van der Waals surface area (Å²) in [4.78, 5) is 12.4. The van der Waals surface area contributed by atoms with Crippen molar-refractivity contribution in [1.29, 1.82) is 0 Å². The SMILES string of the molecule is CCCCCCn1nnc2c3c(OC)cccc3c3ccc(C(=O)OCC)cc3c21. The first-order valence-corrected chi connectivity index (χ1v) is 10.6. The van der Waals surface area contributed by atoms with E-state index in [2.05, 4.69) is 23.3 Å². The number of esters is 1. The van der Waals surface area contributed by atoms with Gasteiger partial charge in [-0.3, -0.25) is 0 Å². The van der Waals surface area contributed by atoms with E-state index >= 15 is 0 Å². The number of unbranched alkanes of at least 4 members (excludes halogenated alkanes) is 3. The van der Waals surface area contributed by atoms with Gasteiger partial charge in [-0.25, -0.2) is 9.48 Å². The summed E-state index contributed by atoms with van der Waals surface area (Å²) >= 11 is 0. The summed E-state index contributed by atoms with van der Waals surface area (Å²) in [6, 6.07) is 11.7. The Morgan fingerprint density at radius 3 is 2.67 bits per heavy atom. The zero-order valence-electron chi connectivity index (χ0n) is 17.8. The van der Waals surface area contributed by atoms with Gasteiger partial charge in [0.25, 0.3) is 0 Å². The molecule has 4 aromatic rings. The molecule has 6 heteroatoms. The number of fused-ring (bicyclic) bond motifs is 6. The fraction of sp³-hybridized carbons (Fsp3) is 0.375. The van der Waals surface area contributed by atoms with E-state index in [1.165, 1.54) is 12.8 Å². The number of ether oxygens (including phenoxy) is 2. The van der Waals surface area contributed by atoms with Crippen LogP contribution in [0.5, 0.6) is 5.75 Å². The highest BCUT2D eigenvalue weighted by molar-refractivity contribution is 6.25. The van der Waals surface area contributed by atoms with Crippen molar-refractivity contribution < 1.29 is 14.3 Å². The predicted octanol–water partition coefficient (Wildman–Crippen LogP) is 5.50. The molecule has 0 saturated carbocycles. The average molecular weight is 405 g/mol. The molecule has 6 nitrogen and oxygen atoms in total. The molecule has 0 amide bonds. The number of carbonyl (C=O) groups is 1. The molecule has 1 heterocycles. The zero-order chi connectivity index (χ0) is 21.1. The minimum Gasteiger partial charge on any atom is -0.496 e. The molecule has 1 aromatic heterocycles. The molecular weight excluding hydrogens is 378 g/mol. The number of rotatable bonds is 8. The summed E-state index contributed by atoms with van der Waals surface area (Å²) in [6.07, 6.45) is 4.58. The summed E-state index contributed by atoms with van der Waals surface area (Å²) in [5, 5.41) is 13.0. The molecule has 0 bridgehead atoms. The molecule has 0 fully saturated rings. The standard InChI is InChI=1S/C24H27N3O3/c1-4-6-7-8-14-27-23-19-15-16(24(28)30-5-2)12-13-17(19)18-10-9-11-20(29-3)21(18)22(23)25-26-27/h9-13,15H,4-8,14H2,1-3H3. The lowest BCUT2D eigenvalue weighted by atomic mass is 9.97. The van der Waals surface area contributed by atoms with Crippen LogP contribution < -0.4 is 4.74 Å². The van der Waals surface area contributed by atoms with Crippen LogP contribution in [0.1, 0.15) is 49.9 Å². The molecule has 0 radical (unpaired) electrons. The average Bonchev–Trinajstić information content (AvgIpc) is 3.20. The maximum atomic E-state index is 12.4. The van der Waals surface area contributed by atoms with Crippen LogP contribution in [0.2, 0.25) is 0 Å². The Bertz CT molecular complexity index is 1210. The molecule has 0 aliphatic rings. The molecule has 0 atom stereocenters. The number of carbonyl (C=O) groups excluding carboxylic acids is 1. The van der Waals surface area contributed by atoms with Gasteiger partial charge in [-0.15, -0.1) is 5.10 Å². The van der Waals surface area contributed by atoms with Gasteiger partial charge in [0.2, 0.25) is 0 Å². The van der Waals surface area contributed by atoms with Gasteiger partial charge in [0, 0.05) is 11.9 Å². The van der Waals surface area contributed by atoms with Crippen molar-refractivity contribution >= 4 is 38.5 Å². The second-order valence-electron chi connectivity index (χ2n) is 7.43. The number of benzene rings is 3. The van der Waals surface area contributed by atoms with Crippen LogP contribution >= 0.6 is 0 Å². The molecule has 0 N–H and O–H groups in total. The second kappa shape index (κ2) is 8.69. The summed E-state index contributed by atoms with van der Waals surface area (Å²) in [5.74, 6) is 0.451. The van der Waals surface area contributed by atoms with Gasteiger partial charge in [-0.2, -0.15) is 0 Å². The Kier molecular flexibility index (Phi) is 5.84. The van der Waals surface area contributed by atoms with E-state index in [1.54, 1.807) is 7.11 Å². The fourth-order valence-corrected chi connectivity index (χ4v) is 4.08. The van der Waals surface area contributed by atoms with Gasteiger partial charge in [-0.1, -0.05) is 49.6 Å². The molecule has 156 valence electrons. The molecule has 30 heavy (non-hydrogen) atoms. The van der Waals surface area contributed by atoms with Gasteiger partial charge in [0.1, 0.15) is 11.3 Å². The second-order valence-corrected chi connectivity index (χ2v) is 7.43. The highest BCUT2D eigenvalue weighted by atomic mass is 16.5. The summed E-state index contributed by atoms with van der Waals surface area (Å²) < 4.78 is 12.8. The highest BCUT2D eigenvalue weighted by Gasteiger charge is 2.19. The first kappa shape index (κ1) is 20.1. The topological polar surface area (TPSA) is 66.2 Å². The maximum Gasteiger partial charge on any atom is 0.338 e. The van der Waals surface area contributed by atoms with Crippen LogP contribution in [0.4, 0.5) is 0 Å². The third-order valence-electron chi connectivity index (χ3n) is 5.52. The molecule has 0 aliphatic heterocycles. The predicted molar refractivity (Wildman–Crippen MR) is 119 cm³/mol. The van der Waals surface area contributed by atoms with Gasteiger partial charge < -0.3 is 9.47 Å². The van der Waals surface area contributed by atoms with Crippen LogP contribution in [0.25, 0.3) is 32.6 Å². The van der Waals surface area contributed by atoms with E-state index < -0.39 is 0 Å². The molecular formula is C24H27N3O3. The lowest BCUT2D eigenvalue weighted by Gasteiger charge is -2.12. The smallest absolute Gasteiger partial charge is 0.338 e. The number of methoxy groups -OCH3 is 1. The fourth-order valence-electron chi connectivity index (χ4n) is 4.08. The summed E-state index contributed by atoms with van der Waals surface area (Å²) in [5.41, 5.74) is 2.27. The zero-order valence-corrected chi connectivity index (χ0v) is 17.8. The van der Waals surface area contributed by atoms with Crippen molar-refractivity contribution in [2.75, 3.05) is 13.7 Å². The number of hydrogen-bond donors (Lipinski definition) is 0. The Labute approximate surface area is 175 Å². The minimum atomic E-state index is -0.319. The maximum absolute atomic E-state index is 12.4. The number of aryl methyl sites for hydroxylation is 1. The Morgan fingerprint density at radius 2 is 1.90 bits per heavy atom. The largest absolute Gasteiger partial charge is 0.496 e. The Balaban J connectivity index is 1.99. The lowest BCUT2D eigenvalue weighted by Crippen LogP contribution is -2.05. The van der Waals surface area contributed by atoms with E-state index in [4.69, 9.17) is 9.47 Å². The van der Waals surface area contributed by atoms with Crippen molar-refractivity contribution in [3.8, 4) is 5.75 Å². The van der Waals surface area contributed by atoms with Crippen LogP contribution in [0, 0.1) is 0 Å². The number of aromatic nitrogens is 3. The highest BCUT2D eigenvalue weighted by Crippen LogP contribution is 2.39. The van der Waals surface area contributed by atoms with Crippen molar-refractivity contribution in [1.82, 2.24) is 15.0 Å². The third-order valence-corrected chi connectivity index (χ3v) is 5.52. The van der Waals surface area contributed by atoms with E-state index in [0.29, 0.717) is 12.2 Å². The summed E-state index contributed by atoms with van der Waals surface area (Å²) in [6.45, 7) is 5.15. The van der Waals surface area contributed by atoms with Gasteiger partial charge >= 0.3 is 5.97 Å². The molecule has 4 rings (SSSR count). The molecule has 0 saturated heterocycles. The summed E-state index contributed by atoms with van der Waals surface area (Å²) in [7, 11) is 1.67. The quantitative estimate of drug-likeness (QED) is 0.220. The number of nitrogens with zero attached hydrogens (tertiary/aromatic N) is 3. The van der Waals surface area contributed by atoms with Crippen molar-refractivity contribution in [2.24, 2.45) is 0 Å². The van der Waals surface area contributed by atoms with E-state index in [1.807, 2.05) is 41.9 Å². The van der Waals surface area contributed by atoms with Crippen molar-refractivity contribution in [3.63, 3.8) is 0 Å². The van der Waals surface area contributed by atoms with Gasteiger partial charge in [0.05, 0.1) is 30.2 Å². The van der Waals surface area contributed by atoms with Crippen LogP contribution in [0.3, 0.4) is 0 Å². The minimum absolute atomic E-state index is 0.319. The third kappa shape index (κ3) is 3.47. The first-order valence-electron chi connectivity index (χ1n) is 10.6. The normalized spacial score (nSPS) is 11.4. The van der Waals surface area contributed by atoms with Crippen molar-refractivity contribution in [2.45, 2.75) is 46.1 Å². The number of hydrogen-bond acceptors (Lipinski definition) is 5. The van der Waals surface area contributed by atoms with E-state index in [9.17, 15) is 4.79 Å². The van der Waals surface area contributed by atoms with Gasteiger partial charge in [-0.05, 0) is 42.3 Å². The Morgan fingerprint density at radius 1 is 1.03 bits per heavy atom. The van der Waals surface area contributed by atoms with Crippen LogP contribution in [-0.4, -0.2) is 34.7 Å².